The molecule has 0 fully saturated rings. The lowest BCUT2D eigenvalue weighted by Crippen LogP contribution is -2.01. The van der Waals surface area contributed by atoms with Crippen molar-refractivity contribution in [1.29, 1.82) is 0 Å². The molecule has 4 N–H and O–H groups in total. The van der Waals surface area contributed by atoms with Gasteiger partial charge in [0, 0.05) is 0 Å². The number of nitrogen functional groups attached to an aromatic ring is 2. The fraction of sp³-hybridized carbons (Fsp3) is 0. The molecule has 10 heavy (non-hydrogen) atoms. The summed E-state index contributed by atoms with van der Waals surface area (Å²) in [6, 6.07) is 0. The molecule has 0 aliphatic carbocycles. The highest BCUT2D eigenvalue weighted by atomic mass is 32.1. The Morgan fingerprint density at radius 1 is 1.10 bits per heavy atom. The van der Waals surface area contributed by atoms with Crippen molar-refractivity contribution in [3.05, 3.63) is 0 Å². The van der Waals surface area contributed by atoms with Crippen LogP contribution in [0.3, 0.4) is 0 Å². The van der Waals surface area contributed by atoms with Gasteiger partial charge in [0.05, 0.1) is 4.90 Å². The minimum absolute atomic E-state index is 0.111. The van der Waals surface area contributed by atoms with Crippen molar-refractivity contribution >= 4 is 37.0 Å². The number of rotatable bonds is 0. The first-order chi connectivity index (χ1) is 4.61. The van der Waals surface area contributed by atoms with E-state index in [9.17, 15) is 0 Å². The van der Waals surface area contributed by atoms with E-state index in [1.165, 1.54) is 0 Å². The minimum atomic E-state index is 0.111. The van der Waals surface area contributed by atoms with Gasteiger partial charge in [-0.05, 0) is 0 Å². The summed E-state index contributed by atoms with van der Waals surface area (Å²) in [6.45, 7) is 0. The van der Waals surface area contributed by atoms with E-state index in [2.05, 4.69) is 35.2 Å². The van der Waals surface area contributed by atoms with Gasteiger partial charge >= 0.3 is 0 Å². The molecule has 1 rings (SSSR count). The Morgan fingerprint density at radius 3 is 2.20 bits per heavy atom. The zero-order valence-corrected chi connectivity index (χ0v) is 6.73. The summed E-state index contributed by atoms with van der Waals surface area (Å²) in [4.78, 5) is 7.82. The van der Waals surface area contributed by atoms with Crippen LogP contribution in [0.1, 0.15) is 0 Å². The van der Waals surface area contributed by atoms with Crippen LogP contribution in [0, 0.1) is 0 Å². The maximum absolute atomic E-state index is 5.37. The minimum Gasteiger partial charge on any atom is -0.383 e. The third-order valence-electron chi connectivity index (χ3n) is 0.910. The number of hydrogen-bond acceptors (Lipinski definition) is 6. The Kier molecular flexibility index (Phi) is 1.91. The molecular formula is C4H6N4S2. The lowest BCUT2D eigenvalue weighted by molar-refractivity contribution is 0.997. The van der Waals surface area contributed by atoms with Gasteiger partial charge in [0.1, 0.15) is 10.8 Å². The van der Waals surface area contributed by atoms with Gasteiger partial charge in [-0.2, -0.15) is 4.98 Å². The lowest BCUT2D eigenvalue weighted by atomic mass is 10.6. The van der Waals surface area contributed by atoms with Crippen molar-refractivity contribution in [3.63, 3.8) is 0 Å². The molecule has 0 aromatic carbocycles. The number of aromatic nitrogens is 2. The van der Waals surface area contributed by atoms with Crippen molar-refractivity contribution in [3.8, 4) is 0 Å². The molecule has 0 aliphatic rings. The molecule has 1 aromatic heterocycles. The summed E-state index contributed by atoms with van der Waals surface area (Å²) >= 11 is 7.93. The average Bonchev–Trinajstić information content (AvgIpc) is 1.82. The van der Waals surface area contributed by atoms with E-state index in [1.807, 2.05) is 0 Å². The second-order valence-corrected chi connectivity index (χ2v) is 2.51. The maximum Gasteiger partial charge on any atom is 0.223 e. The monoisotopic (exact) mass is 174 g/mol. The van der Waals surface area contributed by atoms with Gasteiger partial charge < -0.3 is 11.5 Å². The molecule has 0 unspecified atom stereocenters. The fourth-order valence-electron chi connectivity index (χ4n) is 0.477. The van der Waals surface area contributed by atoms with Gasteiger partial charge in [-0.15, -0.1) is 25.3 Å². The van der Waals surface area contributed by atoms with Crippen molar-refractivity contribution in [2.24, 2.45) is 0 Å². The third kappa shape index (κ3) is 1.27. The summed E-state index contributed by atoms with van der Waals surface area (Å²) in [5.74, 6) is 0.362. The number of anilines is 2. The van der Waals surface area contributed by atoms with Gasteiger partial charge in [0.15, 0.2) is 0 Å². The smallest absolute Gasteiger partial charge is 0.223 e. The summed E-state index contributed by atoms with van der Waals surface area (Å²) < 4.78 is 0. The predicted octanol–water partition coefficient (Wildman–Crippen LogP) is 0.218. The van der Waals surface area contributed by atoms with E-state index in [-0.39, 0.29) is 11.8 Å². The first kappa shape index (κ1) is 7.49. The van der Waals surface area contributed by atoms with E-state index in [0.29, 0.717) is 9.92 Å². The molecule has 0 aliphatic heterocycles. The van der Waals surface area contributed by atoms with E-state index in [1.54, 1.807) is 0 Å². The Bertz CT molecular complexity index is 238. The number of hydrogen-bond donors (Lipinski definition) is 4. The van der Waals surface area contributed by atoms with Crippen LogP contribution in [0.25, 0.3) is 0 Å². The van der Waals surface area contributed by atoms with E-state index >= 15 is 0 Å². The number of nitrogens with two attached hydrogens (primary N) is 2. The molecule has 4 nitrogen and oxygen atoms in total. The van der Waals surface area contributed by atoms with Crippen molar-refractivity contribution in [1.82, 2.24) is 9.97 Å². The van der Waals surface area contributed by atoms with Crippen LogP contribution in [0.4, 0.5) is 11.8 Å². The van der Waals surface area contributed by atoms with Crippen molar-refractivity contribution in [2.45, 2.75) is 9.92 Å². The standard InChI is InChI=1S/C4H6N4S2/c5-2-1(9)3(10)8-4(6)7-2/h9H,(H5,5,6,7,8,10). The Balaban J connectivity index is 3.31. The highest BCUT2D eigenvalue weighted by Gasteiger charge is 2.02. The van der Waals surface area contributed by atoms with Crippen LogP contribution in [0.2, 0.25) is 0 Å². The second kappa shape index (κ2) is 2.55. The molecule has 0 bridgehead atoms. The van der Waals surface area contributed by atoms with Crippen LogP contribution < -0.4 is 11.5 Å². The molecule has 54 valence electrons. The topological polar surface area (TPSA) is 77.8 Å². The highest BCUT2D eigenvalue weighted by Crippen LogP contribution is 2.20. The molecule has 0 atom stereocenters. The van der Waals surface area contributed by atoms with Crippen molar-refractivity contribution in [2.75, 3.05) is 11.5 Å². The van der Waals surface area contributed by atoms with Gasteiger partial charge in [-0.1, -0.05) is 0 Å². The van der Waals surface area contributed by atoms with Gasteiger partial charge in [-0.3, -0.25) is 0 Å². The summed E-state index contributed by atoms with van der Waals surface area (Å²) in [5, 5.41) is 0.397. The van der Waals surface area contributed by atoms with Gasteiger partial charge in [0.25, 0.3) is 0 Å². The molecule has 0 amide bonds. The van der Waals surface area contributed by atoms with E-state index in [0.717, 1.165) is 0 Å². The molecular weight excluding hydrogens is 168 g/mol. The van der Waals surface area contributed by atoms with Crippen molar-refractivity contribution < 1.29 is 0 Å². The molecule has 1 aromatic rings. The molecule has 0 saturated heterocycles. The molecule has 0 spiro atoms. The summed E-state index contributed by atoms with van der Waals surface area (Å²) in [6.07, 6.45) is 0. The third-order valence-corrected chi connectivity index (χ3v) is 1.85. The molecule has 0 radical (unpaired) electrons. The molecule has 0 saturated carbocycles. The Hall–Kier alpha value is -0.620. The van der Waals surface area contributed by atoms with Gasteiger partial charge in [-0.25, -0.2) is 4.98 Å². The average molecular weight is 174 g/mol. The SMILES string of the molecule is Nc1nc(N)c(S)c(S)n1. The largest absolute Gasteiger partial charge is 0.383 e. The van der Waals surface area contributed by atoms with Crippen LogP contribution in [-0.4, -0.2) is 9.97 Å². The fourth-order valence-corrected chi connectivity index (χ4v) is 0.794. The Labute approximate surface area is 68.9 Å². The van der Waals surface area contributed by atoms with Crippen LogP contribution in [-0.2, 0) is 0 Å². The summed E-state index contributed by atoms with van der Waals surface area (Å²) in [5.41, 5.74) is 10.6. The van der Waals surface area contributed by atoms with Gasteiger partial charge in [0.2, 0.25) is 5.95 Å². The molecule has 6 heteroatoms. The molecule has 1 heterocycles. The quantitative estimate of drug-likeness (QED) is 0.335. The van der Waals surface area contributed by atoms with Crippen LogP contribution >= 0.6 is 25.3 Å². The number of nitrogens with zero attached hydrogens (tertiary/aromatic N) is 2. The number of thiol groups is 2. The maximum atomic E-state index is 5.37. The zero-order chi connectivity index (χ0) is 7.72. The first-order valence-electron chi connectivity index (χ1n) is 2.42. The van der Waals surface area contributed by atoms with E-state index in [4.69, 9.17) is 11.5 Å². The lowest BCUT2D eigenvalue weighted by Gasteiger charge is -2.00. The second-order valence-electron chi connectivity index (χ2n) is 1.64. The van der Waals surface area contributed by atoms with Crippen LogP contribution in [0.15, 0.2) is 9.92 Å². The highest BCUT2D eigenvalue weighted by molar-refractivity contribution is 7.83. The van der Waals surface area contributed by atoms with E-state index < -0.39 is 0 Å². The first-order valence-corrected chi connectivity index (χ1v) is 3.31. The predicted molar refractivity (Wildman–Crippen MR) is 45.4 cm³/mol. The summed E-state index contributed by atoms with van der Waals surface area (Å²) in [7, 11) is 0. The normalized spacial score (nSPS) is 9.80. The zero-order valence-electron chi connectivity index (χ0n) is 4.94. The Morgan fingerprint density at radius 2 is 1.70 bits per heavy atom. The van der Waals surface area contributed by atoms with Crippen LogP contribution in [0.5, 0.6) is 0 Å².